The minimum atomic E-state index is 0.0300. The minimum absolute atomic E-state index is 0.0300. The minimum Gasteiger partial charge on any atom is -0.497 e. The molecule has 3 rings (SSSR count). The number of hydrogen-bond donors (Lipinski definition) is 0. The fourth-order valence-corrected chi connectivity index (χ4v) is 2.93. The molecule has 0 N–H and O–H groups in total. The Balaban J connectivity index is 1.70. The summed E-state index contributed by atoms with van der Waals surface area (Å²) >= 11 is 1.59. The first kappa shape index (κ1) is 15.7. The molecule has 6 heteroatoms. The number of methoxy groups -OCH3 is 1. The van der Waals surface area contributed by atoms with Crippen molar-refractivity contribution in [2.75, 3.05) is 14.2 Å². The van der Waals surface area contributed by atoms with E-state index < -0.39 is 0 Å². The Labute approximate surface area is 139 Å². The molecule has 0 amide bonds. The van der Waals surface area contributed by atoms with Crippen molar-refractivity contribution in [3.05, 3.63) is 53.2 Å². The maximum Gasteiger partial charge on any atom is 0.257 e. The van der Waals surface area contributed by atoms with Gasteiger partial charge in [0.1, 0.15) is 5.75 Å². The zero-order valence-corrected chi connectivity index (χ0v) is 14.2. The Bertz CT molecular complexity index is 755. The summed E-state index contributed by atoms with van der Waals surface area (Å²) in [6, 6.07) is 12.0. The summed E-state index contributed by atoms with van der Waals surface area (Å²) in [5, 5.41) is 10.3. The van der Waals surface area contributed by atoms with E-state index in [2.05, 4.69) is 28.1 Å². The molecule has 2 aromatic heterocycles. The molecule has 1 atom stereocenters. The molecular formula is C17H19N3O2S. The summed E-state index contributed by atoms with van der Waals surface area (Å²) in [6.07, 6.45) is 0. The highest BCUT2D eigenvalue weighted by molar-refractivity contribution is 7.13. The van der Waals surface area contributed by atoms with Crippen molar-refractivity contribution in [1.82, 2.24) is 15.1 Å². The van der Waals surface area contributed by atoms with Crippen LogP contribution in [0.2, 0.25) is 0 Å². The van der Waals surface area contributed by atoms with Gasteiger partial charge < -0.3 is 9.15 Å². The van der Waals surface area contributed by atoms with Crippen LogP contribution in [0.25, 0.3) is 10.8 Å². The van der Waals surface area contributed by atoms with Gasteiger partial charge in [0.25, 0.3) is 5.89 Å². The van der Waals surface area contributed by atoms with E-state index >= 15 is 0 Å². The number of benzene rings is 1. The van der Waals surface area contributed by atoms with Gasteiger partial charge in [0, 0.05) is 6.54 Å². The van der Waals surface area contributed by atoms with E-state index in [-0.39, 0.29) is 6.04 Å². The van der Waals surface area contributed by atoms with E-state index in [4.69, 9.17) is 9.15 Å². The average Bonchev–Trinajstić information content (AvgIpc) is 3.25. The summed E-state index contributed by atoms with van der Waals surface area (Å²) in [5.74, 6) is 2.07. The molecule has 0 bridgehead atoms. The second-order valence-corrected chi connectivity index (χ2v) is 6.31. The van der Waals surface area contributed by atoms with Gasteiger partial charge in [0.15, 0.2) is 0 Å². The fraction of sp³-hybridized carbons (Fsp3) is 0.294. The van der Waals surface area contributed by atoms with Gasteiger partial charge in [-0.15, -0.1) is 21.5 Å². The summed E-state index contributed by atoms with van der Waals surface area (Å²) in [7, 11) is 3.72. The number of rotatable bonds is 6. The Morgan fingerprint density at radius 2 is 2.13 bits per heavy atom. The second kappa shape index (κ2) is 6.93. The maximum atomic E-state index is 5.82. The van der Waals surface area contributed by atoms with Crippen LogP contribution in [0.3, 0.4) is 0 Å². The molecule has 0 aliphatic heterocycles. The van der Waals surface area contributed by atoms with Gasteiger partial charge in [-0.2, -0.15) is 0 Å². The second-order valence-electron chi connectivity index (χ2n) is 5.37. The smallest absolute Gasteiger partial charge is 0.257 e. The van der Waals surface area contributed by atoms with Crippen molar-refractivity contribution in [1.29, 1.82) is 0 Å². The largest absolute Gasteiger partial charge is 0.497 e. The molecule has 2 heterocycles. The molecule has 0 spiro atoms. The SMILES string of the molecule is COc1cccc(CN(C)C(C)c2nnc(-c3cccs3)o2)c1. The fourth-order valence-electron chi connectivity index (χ4n) is 2.29. The first-order valence-corrected chi connectivity index (χ1v) is 8.26. The summed E-state index contributed by atoms with van der Waals surface area (Å²) in [6.45, 7) is 2.83. The van der Waals surface area contributed by atoms with Crippen LogP contribution in [0.1, 0.15) is 24.4 Å². The lowest BCUT2D eigenvalue weighted by atomic mass is 10.2. The number of nitrogens with zero attached hydrogens (tertiary/aromatic N) is 3. The molecule has 0 fully saturated rings. The Morgan fingerprint density at radius 3 is 2.87 bits per heavy atom. The molecule has 0 saturated carbocycles. The first-order valence-electron chi connectivity index (χ1n) is 7.38. The predicted octanol–water partition coefficient (Wildman–Crippen LogP) is 4.00. The van der Waals surface area contributed by atoms with Crippen LogP contribution in [0.4, 0.5) is 0 Å². The van der Waals surface area contributed by atoms with Gasteiger partial charge in [-0.25, -0.2) is 0 Å². The molecule has 120 valence electrons. The number of thiophene rings is 1. The molecule has 5 nitrogen and oxygen atoms in total. The highest BCUT2D eigenvalue weighted by Gasteiger charge is 2.19. The molecule has 1 aromatic carbocycles. The average molecular weight is 329 g/mol. The third-order valence-electron chi connectivity index (χ3n) is 3.76. The van der Waals surface area contributed by atoms with Gasteiger partial charge in [-0.3, -0.25) is 4.90 Å². The predicted molar refractivity (Wildman–Crippen MR) is 90.5 cm³/mol. The monoisotopic (exact) mass is 329 g/mol. The standard InChI is InChI=1S/C17H19N3O2S/c1-12(16-18-19-17(22-16)15-8-5-9-23-15)20(2)11-13-6-4-7-14(10-13)21-3/h4-10,12H,11H2,1-3H3. The van der Waals surface area contributed by atoms with Crippen LogP contribution >= 0.6 is 11.3 Å². The quantitative estimate of drug-likeness (QED) is 0.684. The van der Waals surface area contributed by atoms with Crippen molar-refractivity contribution in [2.24, 2.45) is 0 Å². The van der Waals surface area contributed by atoms with Crippen LogP contribution in [-0.2, 0) is 6.54 Å². The van der Waals surface area contributed by atoms with Gasteiger partial charge in [-0.05, 0) is 43.1 Å². The summed E-state index contributed by atoms with van der Waals surface area (Å²) in [4.78, 5) is 3.16. The van der Waals surface area contributed by atoms with Crippen LogP contribution in [-0.4, -0.2) is 29.3 Å². The van der Waals surface area contributed by atoms with E-state index in [0.717, 1.165) is 17.2 Å². The van der Waals surface area contributed by atoms with E-state index in [1.807, 2.05) is 42.8 Å². The van der Waals surface area contributed by atoms with Crippen molar-refractivity contribution < 1.29 is 9.15 Å². The highest BCUT2D eigenvalue weighted by Crippen LogP contribution is 2.27. The zero-order chi connectivity index (χ0) is 16.2. The lowest BCUT2D eigenvalue weighted by Crippen LogP contribution is -2.22. The van der Waals surface area contributed by atoms with E-state index in [1.54, 1.807) is 18.4 Å². The van der Waals surface area contributed by atoms with E-state index in [0.29, 0.717) is 11.8 Å². The summed E-state index contributed by atoms with van der Waals surface area (Å²) in [5.41, 5.74) is 1.18. The van der Waals surface area contributed by atoms with E-state index in [1.165, 1.54) is 5.56 Å². The lowest BCUT2D eigenvalue weighted by molar-refractivity contribution is 0.218. The first-order chi connectivity index (χ1) is 11.2. The topological polar surface area (TPSA) is 51.4 Å². The van der Waals surface area contributed by atoms with Crippen molar-refractivity contribution in [3.8, 4) is 16.5 Å². The van der Waals surface area contributed by atoms with Gasteiger partial charge in [0.05, 0.1) is 18.0 Å². The van der Waals surface area contributed by atoms with Crippen LogP contribution < -0.4 is 4.74 Å². The molecule has 3 aromatic rings. The molecule has 23 heavy (non-hydrogen) atoms. The normalized spacial score (nSPS) is 12.5. The number of hydrogen-bond acceptors (Lipinski definition) is 6. The number of aromatic nitrogens is 2. The van der Waals surface area contributed by atoms with Gasteiger partial charge in [0.2, 0.25) is 5.89 Å². The van der Waals surface area contributed by atoms with Crippen LogP contribution in [0, 0.1) is 0 Å². The van der Waals surface area contributed by atoms with Gasteiger partial charge >= 0.3 is 0 Å². The van der Waals surface area contributed by atoms with Crippen molar-refractivity contribution >= 4 is 11.3 Å². The van der Waals surface area contributed by atoms with Gasteiger partial charge in [-0.1, -0.05) is 18.2 Å². The molecule has 1 unspecified atom stereocenters. The van der Waals surface area contributed by atoms with Crippen LogP contribution in [0.15, 0.2) is 46.2 Å². The van der Waals surface area contributed by atoms with Crippen molar-refractivity contribution in [3.63, 3.8) is 0 Å². The highest BCUT2D eigenvalue weighted by atomic mass is 32.1. The molecule has 0 radical (unpaired) electrons. The number of ether oxygens (including phenoxy) is 1. The van der Waals surface area contributed by atoms with Crippen LogP contribution in [0.5, 0.6) is 5.75 Å². The third kappa shape index (κ3) is 3.60. The molecule has 0 saturated heterocycles. The Kier molecular flexibility index (Phi) is 4.73. The lowest BCUT2D eigenvalue weighted by Gasteiger charge is -2.21. The molecule has 0 aliphatic carbocycles. The Morgan fingerprint density at radius 1 is 1.26 bits per heavy atom. The molecule has 0 aliphatic rings. The molecular weight excluding hydrogens is 310 g/mol. The maximum absolute atomic E-state index is 5.82. The van der Waals surface area contributed by atoms with E-state index in [9.17, 15) is 0 Å². The zero-order valence-electron chi connectivity index (χ0n) is 13.4. The summed E-state index contributed by atoms with van der Waals surface area (Å²) < 4.78 is 11.1. The van der Waals surface area contributed by atoms with Crippen molar-refractivity contribution in [2.45, 2.75) is 19.5 Å². The third-order valence-corrected chi connectivity index (χ3v) is 4.62. The Hall–Kier alpha value is -2.18.